The molecular weight excluding hydrogens is 465 g/mol. The van der Waals surface area contributed by atoms with Gasteiger partial charge in [-0.1, -0.05) is 101 Å². The van der Waals surface area contributed by atoms with Gasteiger partial charge in [0, 0.05) is 15.6 Å². The molecule has 5 heteroatoms. The summed E-state index contributed by atoms with van der Waals surface area (Å²) in [7, 11) is 0. The number of rotatable bonds is 4. The predicted octanol–water partition coefficient (Wildman–Crippen LogP) is 7.44. The van der Waals surface area contributed by atoms with Crippen LogP contribution in [0, 0.1) is 5.82 Å². The molecular formula is C27H17BrFN3. The summed E-state index contributed by atoms with van der Waals surface area (Å²) in [6, 6.07) is 32.6. The Labute approximate surface area is 193 Å². The van der Waals surface area contributed by atoms with Crippen LogP contribution in [0.5, 0.6) is 0 Å². The number of hydrogen-bond donors (Lipinski definition) is 0. The molecule has 0 aliphatic rings. The van der Waals surface area contributed by atoms with E-state index in [-0.39, 0.29) is 5.82 Å². The van der Waals surface area contributed by atoms with Gasteiger partial charge in [0.1, 0.15) is 5.82 Å². The molecule has 0 unspecified atom stereocenters. The minimum absolute atomic E-state index is 0.291. The van der Waals surface area contributed by atoms with E-state index in [1.807, 2.05) is 72.8 Å². The predicted molar refractivity (Wildman–Crippen MR) is 129 cm³/mol. The zero-order valence-electron chi connectivity index (χ0n) is 16.9. The summed E-state index contributed by atoms with van der Waals surface area (Å²) in [6.07, 6.45) is 0. The molecule has 0 atom stereocenters. The lowest BCUT2D eigenvalue weighted by Crippen LogP contribution is -2.01. The van der Waals surface area contributed by atoms with Gasteiger partial charge < -0.3 is 0 Å². The van der Waals surface area contributed by atoms with Crippen molar-refractivity contribution in [3.63, 3.8) is 0 Å². The standard InChI is InChI=1S/C27H17BrFN3/c28-22-15-16-24(29)23(17-22)27-31-25(20-9-5-2-6-10-20)30-26(32-27)21-13-11-19(12-14-21)18-7-3-1-4-8-18/h1-17H. The summed E-state index contributed by atoms with van der Waals surface area (Å²) in [5, 5.41) is 0. The summed E-state index contributed by atoms with van der Waals surface area (Å²) >= 11 is 3.41. The molecule has 32 heavy (non-hydrogen) atoms. The van der Waals surface area contributed by atoms with E-state index in [0.29, 0.717) is 23.0 Å². The Kier molecular flexibility index (Phi) is 5.57. The van der Waals surface area contributed by atoms with Gasteiger partial charge in [-0.3, -0.25) is 0 Å². The molecule has 4 aromatic carbocycles. The Morgan fingerprint density at radius 3 is 1.59 bits per heavy atom. The third-order valence-electron chi connectivity index (χ3n) is 5.09. The molecule has 1 aromatic heterocycles. The van der Waals surface area contributed by atoms with E-state index in [2.05, 4.69) is 38.0 Å². The molecule has 5 aromatic rings. The van der Waals surface area contributed by atoms with Gasteiger partial charge in [-0.05, 0) is 29.3 Å². The minimum Gasteiger partial charge on any atom is -0.208 e. The lowest BCUT2D eigenvalue weighted by atomic mass is 10.0. The Bertz CT molecular complexity index is 1370. The first-order valence-electron chi connectivity index (χ1n) is 10.1. The van der Waals surface area contributed by atoms with Gasteiger partial charge in [0.05, 0.1) is 5.56 Å². The second-order valence-corrected chi connectivity index (χ2v) is 8.16. The second-order valence-electron chi connectivity index (χ2n) is 7.24. The maximum Gasteiger partial charge on any atom is 0.167 e. The van der Waals surface area contributed by atoms with Crippen LogP contribution in [0.25, 0.3) is 45.3 Å². The third kappa shape index (κ3) is 4.20. The van der Waals surface area contributed by atoms with Gasteiger partial charge in [0.25, 0.3) is 0 Å². The van der Waals surface area contributed by atoms with Crippen molar-refractivity contribution in [1.29, 1.82) is 0 Å². The van der Waals surface area contributed by atoms with Gasteiger partial charge in [0.2, 0.25) is 0 Å². The van der Waals surface area contributed by atoms with Crippen molar-refractivity contribution in [3.8, 4) is 45.3 Å². The highest BCUT2D eigenvalue weighted by molar-refractivity contribution is 9.10. The fourth-order valence-corrected chi connectivity index (χ4v) is 3.81. The normalized spacial score (nSPS) is 10.8. The van der Waals surface area contributed by atoms with Crippen LogP contribution in [-0.2, 0) is 0 Å². The van der Waals surface area contributed by atoms with Crippen LogP contribution in [0.15, 0.2) is 108 Å². The van der Waals surface area contributed by atoms with Crippen molar-refractivity contribution in [2.24, 2.45) is 0 Å². The van der Waals surface area contributed by atoms with Crippen molar-refractivity contribution >= 4 is 15.9 Å². The molecule has 0 aliphatic carbocycles. The fourth-order valence-electron chi connectivity index (χ4n) is 3.45. The van der Waals surface area contributed by atoms with Crippen LogP contribution >= 0.6 is 15.9 Å². The Morgan fingerprint density at radius 1 is 0.500 bits per heavy atom. The summed E-state index contributed by atoms with van der Waals surface area (Å²) in [5.74, 6) is 0.897. The van der Waals surface area contributed by atoms with E-state index < -0.39 is 0 Å². The number of nitrogens with zero attached hydrogens (tertiary/aromatic N) is 3. The molecule has 0 spiro atoms. The van der Waals surface area contributed by atoms with E-state index in [1.54, 1.807) is 12.1 Å². The minimum atomic E-state index is -0.385. The first-order valence-corrected chi connectivity index (χ1v) is 10.9. The number of aromatic nitrogens is 3. The zero-order chi connectivity index (χ0) is 21.9. The highest BCUT2D eigenvalue weighted by Gasteiger charge is 2.15. The van der Waals surface area contributed by atoms with Crippen molar-refractivity contribution in [3.05, 3.63) is 113 Å². The first-order chi connectivity index (χ1) is 15.7. The maximum atomic E-state index is 14.6. The van der Waals surface area contributed by atoms with E-state index in [1.165, 1.54) is 6.07 Å². The van der Waals surface area contributed by atoms with E-state index >= 15 is 0 Å². The van der Waals surface area contributed by atoms with Crippen molar-refractivity contribution in [2.75, 3.05) is 0 Å². The van der Waals surface area contributed by atoms with Gasteiger partial charge in [-0.2, -0.15) is 0 Å². The van der Waals surface area contributed by atoms with Crippen LogP contribution in [0.3, 0.4) is 0 Å². The van der Waals surface area contributed by atoms with Crippen molar-refractivity contribution < 1.29 is 4.39 Å². The summed E-state index contributed by atoms with van der Waals surface area (Å²) in [5.41, 5.74) is 4.23. The Morgan fingerprint density at radius 2 is 0.969 bits per heavy atom. The van der Waals surface area contributed by atoms with E-state index in [4.69, 9.17) is 4.98 Å². The molecule has 5 rings (SSSR count). The third-order valence-corrected chi connectivity index (χ3v) is 5.58. The second kappa shape index (κ2) is 8.81. The maximum absolute atomic E-state index is 14.6. The molecule has 0 saturated carbocycles. The molecule has 1 heterocycles. The molecule has 0 bridgehead atoms. The molecule has 0 fully saturated rings. The first kappa shape index (κ1) is 20.2. The largest absolute Gasteiger partial charge is 0.208 e. The Hall–Kier alpha value is -3.70. The molecule has 154 valence electrons. The Balaban J connectivity index is 1.64. The summed E-state index contributed by atoms with van der Waals surface area (Å²) < 4.78 is 15.4. The van der Waals surface area contributed by atoms with E-state index in [9.17, 15) is 4.39 Å². The van der Waals surface area contributed by atoms with Crippen LogP contribution < -0.4 is 0 Å². The topological polar surface area (TPSA) is 38.7 Å². The number of hydrogen-bond acceptors (Lipinski definition) is 3. The number of halogens is 2. The highest BCUT2D eigenvalue weighted by atomic mass is 79.9. The van der Waals surface area contributed by atoms with E-state index in [0.717, 1.165) is 26.7 Å². The summed E-state index contributed by atoms with van der Waals surface area (Å²) in [4.78, 5) is 13.9. The average Bonchev–Trinajstić information content (AvgIpc) is 2.86. The lowest BCUT2D eigenvalue weighted by Gasteiger charge is -2.10. The molecule has 0 amide bonds. The SMILES string of the molecule is Fc1ccc(Br)cc1-c1nc(-c2ccccc2)nc(-c2ccc(-c3ccccc3)cc2)n1. The van der Waals surface area contributed by atoms with Crippen molar-refractivity contribution in [1.82, 2.24) is 15.0 Å². The highest BCUT2D eigenvalue weighted by Crippen LogP contribution is 2.29. The van der Waals surface area contributed by atoms with Gasteiger partial charge in [-0.25, -0.2) is 19.3 Å². The van der Waals surface area contributed by atoms with Crippen LogP contribution in [0.1, 0.15) is 0 Å². The quantitative estimate of drug-likeness (QED) is 0.267. The lowest BCUT2D eigenvalue weighted by molar-refractivity contribution is 0.629. The summed E-state index contributed by atoms with van der Waals surface area (Å²) in [6.45, 7) is 0. The van der Waals surface area contributed by atoms with Crippen LogP contribution in [0.2, 0.25) is 0 Å². The molecule has 0 radical (unpaired) electrons. The van der Waals surface area contributed by atoms with Crippen LogP contribution in [0.4, 0.5) is 4.39 Å². The molecule has 0 N–H and O–H groups in total. The van der Waals surface area contributed by atoms with Gasteiger partial charge >= 0.3 is 0 Å². The zero-order valence-corrected chi connectivity index (χ0v) is 18.5. The molecule has 3 nitrogen and oxygen atoms in total. The van der Waals surface area contributed by atoms with Crippen LogP contribution in [-0.4, -0.2) is 15.0 Å². The molecule has 0 saturated heterocycles. The van der Waals surface area contributed by atoms with Crippen molar-refractivity contribution in [2.45, 2.75) is 0 Å². The smallest absolute Gasteiger partial charge is 0.167 e. The fraction of sp³-hybridized carbons (Fsp3) is 0. The monoisotopic (exact) mass is 481 g/mol. The molecule has 0 aliphatic heterocycles. The van der Waals surface area contributed by atoms with Gasteiger partial charge in [-0.15, -0.1) is 0 Å². The number of benzene rings is 4. The average molecular weight is 482 g/mol. The van der Waals surface area contributed by atoms with Gasteiger partial charge in [0.15, 0.2) is 17.5 Å².